The zero-order chi connectivity index (χ0) is 43.8. The molecule has 0 bridgehead atoms. The van der Waals surface area contributed by atoms with Crippen LogP contribution in [0.15, 0.2) is 193 Å². The molecule has 10 rings (SSSR count). The van der Waals surface area contributed by atoms with Crippen LogP contribution in [0.2, 0.25) is 0 Å². The van der Waals surface area contributed by atoms with Crippen molar-refractivity contribution >= 4 is 6.41 Å². The van der Waals surface area contributed by atoms with Gasteiger partial charge in [0.2, 0.25) is 0 Å². The van der Waals surface area contributed by atoms with Crippen LogP contribution in [0.3, 0.4) is 0 Å². The Balaban J connectivity index is 0.000000206. The molecule has 64 heavy (non-hydrogen) atoms. The Morgan fingerprint density at radius 1 is 0.438 bits per heavy atom. The van der Waals surface area contributed by atoms with Gasteiger partial charge in [0.25, 0.3) is 0 Å². The Morgan fingerprint density at radius 3 is 0.969 bits per heavy atom. The third-order valence-corrected chi connectivity index (χ3v) is 14.2. The molecule has 328 valence electrons. The summed E-state index contributed by atoms with van der Waals surface area (Å²) in [5, 5.41) is 0. The van der Waals surface area contributed by atoms with E-state index >= 15 is 0 Å². The maximum Gasteiger partial charge on any atom is -0.0512 e. The van der Waals surface area contributed by atoms with E-state index in [4.69, 9.17) is 0 Å². The summed E-state index contributed by atoms with van der Waals surface area (Å²) >= 11 is 2.92. The number of hydrogen-bond acceptors (Lipinski definition) is 0. The zero-order valence-electron chi connectivity index (χ0n) is 38.3. The summed E-state index contributed by atoms with van der Waals surface area (Å²) in [6, 6.07) is 55.6. The van der Waals surface area contributed by atoms with E-state index < -0.39 is 0 Å². The number of rotatable bonds is 6. The fourth-order valence-electron chi connectivity index (χ4n) is 7.61. The van der Waals surface area contributed by atoms with Gasteiger partial charge in [0.1, 0.15) is 0 Å². The number of fused-ring (bicyclic) bond motifs is 2. The van der Waals surface area contributed by atoms with E-state index in [9.17, 15) is 0 Å². The van der Waals surface area contributed by atoms with E-state index in [1.54, 1.807) is 22.3 Å². The Labute approximate surface area is 429 Å². The molecule has 4 heteroatoms. The maximum atomic E-state index is 3.14. The second-order valence-corrected chi connectivity index (χ2v) is 19.1. The predicted octanol–water partition coefficient (Wildman–Crippen LogP) is 8.84. The third-order valence-electron chi connectivity index (χ3n) is 11.3. The number of halogens is 2. The molecule has 0 saturated carbocycles. The molecule has 6 aromatic rings. The van der Waals surface area contributed by atoms with Crippen molar-refractivity contribution in [1.29, 1.82) is 0 Å². The van der Waals surface area contributed by atoms with Crippen LogP contribution in [-0.4, -0.2) is 6.41 Å². The van der Waals surface area contributed by atoms with Crippen LogP contribution in [0.4, 0.5) is 0 Å². The van der Waals surface area contributed by atoms with Gasteiger partial charge in [-0.1, -0.05) is 90.9 Å². The molecular weight excluding hydrogens is 974 g/mol. The van der Waals surface area contributed by atoms with Gasteiger partial charge in [-0.25, -0.2) is 24.3 Å². The first kappa shape index (κ1) is 55.0. The van der Waals surface area contributed by atoms with Crippen LogP contribution in [0.5, 0.6) is 0 Å². The second-order valence-electron chi connectivity index (χ2n) is 16.6. The molecule has 0 radical (unpaired) electrons. The smallest absolute Gasteiger partial charge is 0.0512 e. The van der Waals surface area contributed by atoms with Crippen LogP contribution in [0.25, 0.3) is 0 Å². The van der Waals surface area contributed by atoms with Crippen molar-refractivity contribution in [2.75, 3.05) is 0 Å². The Bertz CT molecular complexity index is 2030. The van der Waals surface area contributed by atoms with Gasteiger partial charge in [-0.3, -0.25) is 12.2 Å². The van der Waals surface area contributed by atoms with E-state index in [1.165, 1.54) is 140 Å². The average Bonchev–Trinajstić information content (AvgIpc) is 4.20. The van der Waals surface area contributed by atoms with Crippen molar-refractivity contribution in [3.63, 3.8) is 0 Å². The van der Waals surface area contributed by atoms with Gasteiger partial charge in [-0.05, 0) is 0 Å². The largest absolute Gasteiger partial charge is 0.210 e. The van der Waals surface area contributed by atoms with Gasteiger partial charge in [-0.15, -0.1) is 12.8 Å². The van der Waals surface area contributed by atoms with Crippen LogP contribution < -0.4 is 24.8 Å². The molecular formula is C60H64Cl2Zr2-2. The topological polar surface area (TPSA) is 0 Å². The maximum absolute atomic E-state index is 3.14. The molecule has 0 fully saturated rings. The predicted molar refractivity (Wildman–Crippen MR) is 260 cm³/mol. The molecule has 0 N–H and O–H groups in total. The Hall–Kier alpha value is -3.37. The van der Waals surface area contributed by atoms with Gasteiger partial charge in [0.05, 0.1) is 0 Å². The molecule has 0 spiro atoms. The van der Waals surface area contributed by atoms with Gasteiger partial charge in [-0.2, -0.15) is 69.8 Å². The average molecular weight is 1040 g/mol. The summed E-state index contributed by atoms with van der Waals surface area (Å²) < 4.78 is 2.83. The molecule has 0 aliphatic heterocycles. The monoisotopic (exact) mass is 1030 g/mol. The van der Waals surface area contributed by atoms with Crippen molar-refractivity contribution in [3.05, 3.63) is 250 Å². The normalized spacial score (nSPS) is 13.6. The molecule has 4 aliphatic carbocycles. The van der Waals surface area contributed by atoms with Crippen molar-refractivity contribution < 1.29 is 73.3 Å². The minimum atomic E-state index is 0. The molecule has 0 atom stereocenters. The summed E-state index contributed by atoms with van der Waals surface area (Å²) in [4.78, 5) is 0. The molecule has 0 unspecified atom stereocenters. The van der Waals surface area contributed by atoms with Gasteiger partial charge in [0.15, 0.2) is 0 Å². The van der Waals surface area contributed by atoms with Crippen molar-refractivity contribution in [2.45, 2.75) is 91.9 Å². The summed E-state index contributed by atoms with van der Waals surface area (Å²) in [6.45, 7) is 8.81. The van der Waals surface area contributed by atoms with Crippen molar-refractivity contribution in [1.82, 2.24) is 0 Å². The number of allylic oxidation sites excluding steroid dienone is 8. The minimum Gasteiger partial charge on any atom is -0.210 e. The Morgan fingerprint density at radius 2 is 0.734 bits per heavy atom. The van der Waals surface area contributed by atoms with Crippen LogP contribution in [-0.2, 0) is 74.2 Å². The third kappa shape index (κ3) is 19.2. The van der Waals surface area contributed by atoms with E-state index in [2.05, 4.69) is 222 Å². The Kier molecular flexibility index (Phi) is 27.1. The van der Waals surface area contributed by atoms with E-state index in [-0.39, 0.29) is 24.8 Å². The van der Waals surface area contributed by atoms with Crippen LogP contribution in [0, 0.1) is 24.0 Å². The molecule has 0 aromatic heterocycles. The standard InChI is InChI=1S/2C13H10.2C9H11.2C8H11.2ClH.2Zr/c2*1-3-7-12(8-4-1)11-13-9-5-2-6-10-13;2*1-2-5-9-7-3-6-8(9)4-1;2*1-7(2)8-5-3-4-6-8;;;;/h2*1-10H;2*3,6-7H,1-2,4-5H2;2*5-7H,3H2,1-2H3;2*1H;;/q;;4*-1;;;2*+2/p-2. The summed E-state index contributed by atoms with van der Waals surface area (Å²) in [6.07, 6.45) is 27.8. The zero-order valence-corrected chi connectivity index (χ0v) is 44.7. The minimum absolute atomic E-state index is 0. The molecule has 4 aliphatic rings. The quantitative estimate of drug-likeness (QED) is 0.147. The summed E-state index contributed by atoms with van der Waals surface area (Å²) in [5.74, 6) is 1.37. The van der Waals surface area contributed by atoms with Crippen LogP contribution >= 0.6 is 0 Å². The van der Waals surface area contributed by atoms with Gasteiger partial charge in [0, 0.05) is 0 Å². The molecule has 6 aromatic carbocycles. The first-order chi connectivity index (χ1) is 30.3. The van der Waals surface area contributed by atoms with Crippen molar-refractivity contribution in [3.8, 4) is 0 Å². The fourth-order valence-corrected chi connectivity index (χ4v) is 9.25. The number of aryl methyl sites for hydroxylation is 4. The first-order valence-corrected chi connectivity index (χ1v) is 25.1. The van der Waals surface area contributed by atoms with Crippen LogP contribution in [0.1, 0.15) is 111 Å². The summed E-state index contributed by atoms with van der Waals surface area (Å²) in [5.41, 5.74) is 14.6. The fraction of sp³-hybridized carbons (Fsp3) is 0.267. The van der Waals surface area contributed by atoms with Gasteiger partial charge < -0.3 is 24.8 Å². The van der Waals surface area contributed by atoms with E-state index in [0.717, 1.165) is 12.8 Å². The van der Waals surface area contributed by atoms with Gasteiger partial charge >= 0.3 is 198 Å². The second kappa shape index (κ2) is 31.5. The number of benzene rings is 4. The summed E-state index contributed by atoms with van der Waals surface area (Å²) in [7, 11) is 0. The first-order valence-electron chi connectivity index (χ1n) is 22.7. The van der Waals surface area contributed by atoms with Crippen molar-refractivity contribution in [2.24, 2.45) is 11.8 Å². The molecule has 0 amide bonds. The van der Waals surface area contributed by atoms with E-state index in [0.29, 0.717) is 11.8 Å². The molecule has 0 saturated heterocycles. The molecule has 0 nitrogen and oxygen atoms in total. The number of hydrogen-bond donors (Lipinski definition) is 0. The van der Waals surface area contributed by atoms with E-state index in [1.807, 2.05) is 0 Å². The molecule has 0 heterocycles. The SMILES string of the molecule is CC(C)C1=CC[C-]=C1.CC(C)C1=CC[C-]=C1.[Cl-].[Cl-].[Zr+2]=[C](c1ccccc1)c1ccccc1.[Zr+2]=[C](c1ccccc1)c1ccccc1.c1cc2c([cH-]1)CCCC2.c1cc2c([cH-]1)CCCC2.